The molecule has 19 heteroatoms. The van der Waals surface area contributed by atoms with Crippen molar-refractivity contribution in [1.82, 2.24) is 0 Å². The van der Waals surface area contributed by atoms with E-state index in [9.17, 15) is 43.2 Å². The third kappa shape index (κ3) is 61.3. The van der Waals surface area contributed by atoms with Gasteiger partial charge in [0.05, 0.1) is 26.4 Å². The zero-order valence-corrected chi connectivity index (χ0v) is 57.9. The highest BCUT2D eigenvalue weighted by molar-refractivity contribution is 7.47. The van der Waals surface area contributed by atoms with Gasteiger partial charge in [0.15, 0.2) is 12.2 Å². The Kier molecular flexibility index (Phi) is 60.2. The van der Waals surface area contributed by atoms with E-state index < -0.39 is 97.5 Å². The highest BCUT2D eigenvalue weighted by Crippen LogP contribution is 2.45. The SMILES string of the molecule is CCCCCCCCCCCCCCCCCCC(=O)O[C@H](COC(=O)CCCCCCCCCCCCC)COP(=O)(O)OC[C@@H](O)COP(=O)(O)OC[C@@H](COC(=O)CCCCCCCCCCCC)OC(=O)CCCCCCCCC(C)CC. The second-order valence-corrected chi connectivity index (χ2v) is 27.7. The third-order valence-corrected chi connectivity index (χ3v) is 18.0. The lowest BCUT2D eigenvalue weighted by Crippen LogP contribution is -2.30. The van der Waals surface area contributed by atoms with Crippen LogP contribution in [-0.2, 0) is 65.4 Å². The van der Waals surface area contributed by atoms with Crippen molar-refractivity contribution in [2.24, 2.45) is 5.92 Å². The van der Waals surface area contributed by atoms with Crippen LogP contribution in [0.3, 0.4) is 0 Å². The van der Waals surface area contributed by atoms with E-state index in [2.05, 4.69) is 34.6 Å². The molecule has 0 amide bonds. The van der Waals surface area contributed by atoms with E-state index in [-0.39, 0.29) is 25.7 Å². The summed E-state index contributed by atoms with van der Waals surface area (Å²) in [5.74, 6) is -1.41. The normalized spacial score (nSPS) is 14.4. The maximum absolute atomic E-state index is 13.0. The lowest BCUT2D eigenvalue weighted by Gasteiger charge is -2.21. The largest absolute Gasteiger partial charge is 0.472 e. The summed E-state index contributed by atoms with van der Waals surface area (Å²) in [7, 11) is -9.89. The Morgan fingerprint density at radius 3 is 0.816 bits per heavy atom. The molecular formula is C68H132O17P2. The molecule has 0 saturated heterocycles. The number of carbonyl (C=O) groups is 4. The molecule has 0 bridgehead atoms. The molecule has 0 aromatic heterocycles. The molecule has 516 valence electrons. The summed E-state index contributed by atoms with van der Waals surface area (Å²) < 4.78 is 68.2. The fraction of sp³-hybridized carbons (Fsp3) is 0.941. The van der Waals surface area contributed by atoms with Crippen LogP contribution in [-0.4, -0.2) is 96.7 Å². The zero-order chi connectivity index (χ0) is 64.2. The number of hydrogen-bond donors (Lipinski definition) is 3. The third-order valence-electron chi connectivity index (χ3n) is 16.1. The van der Waals surface area contributed by atoms with Crippen molar-refractivity contribution in [3.05, 3.63) is 0 Å². The topological polar surface area (TPSA) is 237 Å². The lowest BCUT2D eigenvalue weighted by molar-refractivity contribution is -0.161. The van der Waals surface area contributed by atoms with E-state index in [1.54, 1.807) is 0 Å². The molecule has 0 heterocycles. The minimum Gasteiger partial charge on any atom is -0.462 e. The Morgan fingerprint density at radius 2 is 0.552 bits per heavy atom. The zero-order valence-electron chi connectivity index (χ0n) is 56.2. The predicted molar refractivity (Wildman–Crippen MR) is 349 cm³/mol. The molecule has 0 radical (unpaired) electrons. The van der Waals surface area contributed by atoms with Gasteiger partial charge in [-0.05, 0) is 31.6 Å². The molecule has 17 nitrogen and oxygen atoms in total. The van der Waals surface area contributed by atoms with Crippen LogP contribution in [0.4, 0.5) is 0 Å². The first-order valence-electron chi connectivity index (χ1n) is 35.7. The van der Waals surface area contributed by atoms with Crippen molar-refractivity contribution in [1.29, 1.82) is 0 Å². The number of carbonyl (C=O) groups excluding carboxylic acids is 4. The number of aliphatic hydroxyl groups excluding tert-OH is 1. The number of hydrogen-bond acceptors (Lipinski definition) is 15. The highest BCUT2D eigenvalue weighted by Gasteiger charge is 2.30. The number of ether oxygens (including phenoxy) is 4. The number of esters is 4. The summed E-state index contributed by atoms with van der Waals surface area (Å²) in [5, 5.41) is 10.6. The van der Waals surface area contributed by atoms with Crippen molar-refractivity contribution in [2.75, 3.05) is 39.6 Å². The van der Waals surface area contributed by atoms with Crippen molar-refractivity contribution >= 4 is 39.5 Å². The summed E-state index contributed by atoms with van der Waals surface area (Å²) in [6.45, 7) is 7.17. The van der Waals surface area contributed by atoms with Gasteiger partial charge in [-0.3, -0.25) is 37.3 Å². The number of phosphoric acid groups is 2. The Balaban J connectivity index is 5.23. The summed E-state index contributed by atoms with van der Waals surface area (Å²) >= 11 is 0. The van der Waals surface area contributed by atoms with Gasteiger partial charge in [-0.25, -0.2) is 9.13 Å². The van der Waals surface area contributed by atoms with E-state index in [1.165, 1.54) is 173 Å². The van der Waals surface area contributed by atoms with Gasteiger partial charge >= 0.3 is 39.5 Å². The Bertz CT molecular complexity index is 1690. The van der Waals surface area contributed by atoms with Crippen LogP contribution in [0.25, 0.3) is 0 Å². The number of aliphatic hydroxyl groups is 1. The molecule has 0 rings (SSSR count). The highest BCUT2D eigenvalue weighted by atomic mass is 31.2. The molecule has 0 aromatic carbocycles. The Morgan fingerprint density at radius 1 is 0.322 bits per heavy atom. The van der Waals surface area contributed by atoms with Gasteiger partial charge in [0.2, 0.25) is 0 Å². The van der Waals surface area contributed by atoms with Gasteiger partial charge in [0.25, 0.3) is 0 Å². The number of phosphoric ester groups is 2. The molecule has 3 unspecified atom stereocenters. The van der Waals surface area contributed by atoms with Crippen LogP contribution in [0.5, 0.6) is 0 Å². The summed E-state index contributed by atoms with van der Waals surface area (Å²) in [4.78, 5) is 72.4. The molecule has 0 spiro atoms. The van der Waals surface area contributed by atoms with Gasteiger partial charge in [0.1, 0.15) is 19.3 Å². The maximum Gasteiger partial charge on any atom is 0.472 e. The number of unbranched alkanes of at least 4 members (excludes halogenated alkanes) is 39. The first kappa shape index (κ1) is 85.1. The molecule has 3 N–H and O–H groups in total. The average molecular weight is 1280 g/mol. The Hall–Kier alpha value is -1.94. The van der Waals surface area contributed by atoms with Gasteiger partial charge in [-0.1, -0.05) is 298 Å². The van der Waals surface area contributed by atoms with Crippen LogP contribution in [0.1, 0.15) is 349 Å². The summed E-state index contributed by atoms with van der Waals surface area (Å²) in [6.07, 6.45) is 47.1. The molecular weight excluding hydrogens is 1150 g/mol. The first-order valence-corrected chi connectivity index (χ1v) is 38.7. The van der Waals surface area contributed by atoms with Gasteiger partial charge in [-0.2, -0.15) is 0 Å². The lowest BCUT2D eigenvalue weighted by atomic mass is 10.00. The second-order valence-electron chi connectivity index (χ2n) is 24.8. The summed E-state index contributed by atoms with van der Waals surface area (Å²) in [6, 6.07) is 0. The molecule has 6 atom stereocenters. The van der Waals surface area contributed by atoms with Crippen LogP contribution >= 0.6 is 15.6 Å². The summed E-state index contributed by atoms with van der Waals surface area (Å²) in [5.41, 5.74) is 0. The smallest absolute Gasteiger partial charge is 0.462 e. The van der Waals surface area contributed by atoms with Gasteiger partial charge in [-0.15, -0.1) is 0 Å². The van der Waals surface area contributed by atoms with Crippen LogP contribution in [0.15, 0.2) is 0 Å². The molecule has 0 fully saturated rings. The monoisotopic (exact) mass is 1280 g/mol. The minimum absolute atomic E-state index is 0.103. The van der Waals surface area contributed by atoms with Crippen molar-refractivity contribution < 1.29 is 80.2 Å². The molecule has 0 aliphatic carbocycles. The van der Waals surface area contributed by atoms with E-state index in [4.69, 9.17) is 37.0 Å². The molecule has 0 aliphatic rings. The first-order chi connectivity index (χ1) is 42.1. The second kappa shape index (κ2) is 61.6. The average Bonchev–Trinajstić information content (AvgIpc) is 3.50. The van der Waals surface area contributed by atoms with Crippen LogP contribution in [0.2, 0.25) is 0 Å². The predicted octanol–water partition coefficient (Wildman–Crippen LogP) is 19.4. The van der Waals surface area contributed by atoms with Crippen molar-refractivity contribution in [2.45, 2.75) is 368 Å². The van der Waals surface area contributed by atoms with E-state index >= 15 is 0 Å². The molecule has 0 aliphatic heterocycles. The quantitative estimate of drug-likeness (QED) is 0.0222. The van der Waals surface area contributed by atoms with Crippen molar-refractivity contribution in [3.63, 3.8) is 0 Å². The standard InChI is InChI=1S/C68H132O17P2/c1-6-10-13-16-19-22-25-26-27-28-29-31-34-37-43-48-53-67(72)84-63(57-78-66(71)52-47-42-36-33-30-23-20-17-14-11-7-2)59-82-86(74,75)80-55-62(69)56-81-87(76,77)83-60-64(85-68(73)54-49-44-39-38-40-45-50-61(5)9-4)58-79-65(70)51-46-41-35-32-24-21-18-15-12-8-3/h61-64,69H,6-60H2,1-5H3,(H,74,75)(H,76,77)/t61?,62-,63-,64-/m1/s1. The van der Waals surface area contributed by atoms with Gasteiger partial charge in [0, 0.05) is 25.7 Å². The van der Waals surface area contributed by atoms with Crippen molar-refractivity contribution in [3.8, 4) is 0 Å². The maximum atomic E-state index is 13.0. The number of rotatable bonds is 68. The van der Waals surface area contributed by atoms with Crippen LogP contribution in [0, 0.1) is 5.92 Å². The Labute approximate surface area is 530 Å². The van der Waals surface area contributed by atoms with Gasteiger partial charge < -0.3 is 33.8 Å². The van der Waals surface area contributed by atoms with E-state index in [0.717, 1.165) is 95.8 Å². The molecule has 87 heavy (non-hydrogen) atoms. The fourth-order valence-corrected chi connectivity index (χ4v) is 11.8. The van der Waals surface area contributed by atoms with E-state index in [0.29, 0.717) is 25.7 Å². The van der Waals surface area contributed by atoms with Crippen LogP contribution < -0.4 is 0 Å². The molecule has 0 aromatic rings. The molecule has 0 saturated carbocycles. The van der Waals surface area contributed by atoms with E-state index in [1.807, 2.05) is 0 Å². The minimum atomic E-state index is -4.95. The fourth-order valence-electron chi connectivity index (χ4n) is 10.3.